The molecular formula is C21H18N2O4S. The van der Waals surface area contributed by atoms with Gasteiger partial charge >= 0.3 is 0 Å². The predicted octanol–water partition coefficient (Wildman–Crippen LogP) is 4.04. The third-order valence-electron chi connectivity index (χ3n) is 4.15. The molecule has 0 saturated heterocycles. The maximum Gasteiger partial charge on any atom is 0.261 e. The Labute approximate surface area is 164 Å². The molecule has 142 valence electrons. The Bertz CT molecular complexity index is 1120. The van der Waals surface area contributed by atoms with E-state index in [1.54, 1.807) is 32.4 Å². The molecule has 0 radical (unpaired) electrons. The summed E-state index contributed by atoms with van der Waals surface area (Å²) in [7, 11) is -0.638. The van der Waals surface area contributed by atoms with Crippen LogP contribution < -0.4 is 14.2 Å². The van der Waals surface area contributed by atoms with Crippen molar-refractivity contribution in [1.82, 2.24) is 0 Å². The molecule has 0 aliphatic heterocycles. The first-order chi connectivity index (χ1) is 13.5. The molecule has 0 bridgehead atoms. The van der Waals surface area contributed by atoms with Gasteiger partial charge in [0.15, 0.2) is 0 Å². The second kappa shape index (κ2) is 8.03. The lowest BCUT2D eigenvalue weighted by atomic mass is 10.0. The van der Waals surface area contributed by atoms with Crippen LogP contribution in [0.3, 0.4) is 0 Å². The summed E-state index contributed by atoms with van der Waals surface area (Å²) >= 11 is 0. The number of ether oxygens (including phenoxy) is 2. The van der Waals surface area contributed by atoms with Crippen LogP contribution in [0.25, 0.3) is 11.1 Å². The van der Waals surface area contributed by atoms with E-state index in [1.165, 1.54) is 24.3 Å². The first-order valence-electron chi connectivity index (χ1n) is 8.32. The zero-order valence-electron chi connectivity index (χ0n) is 15.3. The molecule has 0 atom stereocenters. The van der Waals surface area contributed by atoms with E-state index in [4.69, 9.17) is 14.7 Å². The maximum absolute atomic E-state index is 12.6. The Balaban J connectivity index is 1.95. The van der Waals surface area contributed by atoms with Gasteiger partial charge < -0.3 is 9.47 Å². The van der Waals surface area contributed by atoms with Crippen molar-refractivity contribution < 1.29 is 17.9 Å². The average Bonchev–Trinajstić information content (AvgIpc) is 2.73. The zero-order valence-corrected chi connectivity index (χ0v) is 16.2. The van der Waals surface area contributed by atoms with Crippen molar-refractivity contribution in [1.29, 1.82) is 5.26 Å². The topological polar surface area (TPSA) is 88.4 Å². The molecule has 28 heavy (non-hydrogen) atoms. The van der Waals surface area contributed by atoms with Crippen molar-refractivity contribution in [2.75, 3.05) is 18.9 Å². The van der Waals surface area contributed by atoms with Crippen LogP contribution in [-0.4, -0.2) is 22.6 Å². The Morgan fingerprint density at radius 1 is 0.893 bits per heavy atom. The monoisotopic (exact) mass is 394 g/mol. The molecule has 0 aliphatic rings. The molecule has 0 spiro atoms. The van der Waals surface area contributed by atoms with Crippen LogP contribution in [0.4, 0.5) is 5.69 Å². The van der Waals surface area contributed by atoms with E-state index in [0.717, 1.165) is 16.9 Å². The number of hydrogen-bond donors (Lipinski definition) is 1. The van der Waals surface area contributed by atoms with Crippen molar-refractivity contribution in [2.45, 2.75) is 4.90 Å². The number of sulfonamides is 1. The fraction of sp³-hybridized carbons (Fsp3) is 0.0952. The molecule has 0 aromatic heterocycles. The molecule has 0 aliphatic carbocycles. The van der Waals surface area contributed by atoms with E-state index in [-0.39, 0.29) is 4.90 Å². The van der Waals surface area contributed by atoms with Gasteiger partial charge in [0.05, 0.1) is 30.7 Å². The molecule has 3 aromatic rings. The maximum atomic E-state index is 12.6. The van der Waals surface area contributed by atoms with Crippen molar-refractivity contribution in [3.63, 3.8) is 0 Å². The van der Waals surface area contributed by atoms with Crippen molar-refractivity contribution in [3.8, 4) is 28.7 Å². The minimum absolute atomic E-state index is 0.0771. The number of benzene rings is 3. The molecule has 0 saturated carbocycles. The first-order valence-corrected chi connectivity index (χ1v) is 9.80. The Kier molecular flexibility index (Phi) is 5.52. The summed E-state index contributed by atoms with van der Waals surface area (Å²) in [4.78, 5) is 0.0771. The summed E-state index contributed by atoms with van der Waals surface area (Å²) in [6, 6.07) is 20.1. The lowest BCUT2D eigenvalue weighted by Crippen LogP contribution is -2.13. The number of nitriles is 1. The highest BCUT2D eigenvalue weighted by Gasteiger charge is 2.16. The third kappa shape index (κ3) is 4.08. The Hall–Kier alpha value is -3.50. The van der Waals surface area contributed by atoms with Gasteiger partial charge in [-0.1, -0.05) is 12.1 Å². The summed E-state index contributed by atoms with van der Waals surface area (Å²) < 4.78 is 38.4. The molecule has 0 fully saturated rings. The van der Waals surface area contributed by atoms with E-state index in [9.17, 15) is 8.42 Å². The number of anilines is 1. The Morgan fingerprint density at radius 3 is 2.14 bits per heavy atom. The minimum atomic E-state index is -3.79. The Morgan fingerprint density at radius 2 is 1.57 bits per heavy atom. The predicted molar refractivity (Wildman–Crippen MR) is 107 cm³/mol. The van der Waals surface area contributed by atoms with Crippen LogP contribution in [0.15, 0.2) is 71.6 Å². The van der Waals surface area contributed by atoms with Gasteiger partial charge in [-0.2, -0.15) is 5.26 Å². The number of nitrogens with one attached hydrogen (secondary N) is 1. The van der Waals surface area contributed by atoms with Crippen LogP contribution in [-0.2, 0) is 10.0 Å². The third-order valence-corrected chi connectivity index (χ3v) is 5.54. The lowest BCUT2D eigenvalue weighted by molar-refractivity contribution is 0.414. The number of rotatable bonds is 6. The molecule has 1 N–H and O–H groups in total. The van der Waals surface area contributed by atoms with E-state index < -0.39 is 10.0 Å². The summed E-state index contributed by atoms with van der Waals surface area (Å²) in [5, 5.41) is 8.85. The number of hydrogen-bond acceptors (Lipinski definition) is 5. The molecular weight excluding hydrogens is 376 g/mol. The van der Waals surface area contributed by atoms with E-state index in [2.05, 4.69) is 4.72 Å². The van der Waals surface area contributed by atoms with Gasteiger partial charge in [-0.3, -0.25) is 4.72 Å². The van der Waals surface area contributed by atoms with Gasteiger partial charge in [-0.15, -0.1) is 0 Å². The second-order valence-electron chi connectivity index (χ2n) is 5.89. The highest BCUT2D eigenvalue weighted by atomic mass is 32.2. The largest absolute Gasteiger partial charge is 0.497 e. The number of nitrogens with zero attached hydrogens (tertiary/aromatic N) is 1. The van der Waals surface area contributed by atoms with E-state index in [0.29, 0.717) is 17.0 Å². The van der Waals surface area contributed by atoms with Gasteiger partial charge in [0.2, 0.25) is 0 Å². The summed E-state index contributed by atoms with van der Waals surface area (Å²) in [6.07, 6.45) is 0. The molecule has 6 nitrogen and oxygen atoms in total. The van der Waals surface area contributed by atoms with Gasteiger partial charge in [0.25, 0.3) is 10.0 Å². The fourth-order valence-corrected chi connectivity index (χ4v) is 3.74. The highest BCUT2D eigenvalue weighted by molar-refractivity contribution is 7.92. The molecule has 0 amide bonds. The fourth-order valence-electron chi connectivity index (χ4n) is 2.69. The van der Waals surface area contributed by atoms with Crippen LogP contribution in [0.2, 0.25) is 0 Å². The van der Waals surface area contributed by atoms with Crippen LogP contribution in [0, 0.1) is 11.3 Å². The summed E-state index contributed by atoms with van der Waals surface area (Å²) in [5.41, 5.74) is 2.39. The smallest absolute Gasteiger partial charge is 0.261 e. The molecule has 3 rings (SSSR count). The normalized spacial score (nSPS) is 10.8. The standard InChI is InChI=1S/C21H18N2O4S/c1-26-18-8-5-16(6-9-18)20-13-17(7-12-21(20)27-2)23-28(24,25)19-10-3-15(14-22)4-11-19/h3-13,23H,1-2H3. The second-order valence-corrected chi connectivity index (χ2v) is 7.57. The number of methoxy groups -OCH3 is 2. The van der Waals surface area contributed by atoms with Crippen molar-refractivity contribution in [3.05, 3.63) is 72.3 Å². The first kappa shape index (κ1) is 19.3. The van der Waals surface area contributed by atoms with E-state index >= 15 is 0 Å². The quantitative estimate of drug-likeness (QED) is 0.681. The molecule has 0 unspecified atom stereocenters. The minimum Gasteiger partial charge on any atom is -0.497 e. The van der Waals surface area contributed by atoms with Crippen LogP contribution in [0.1, 0.15) is 5.56 Å². The van der Waals surface area contributed by atoms with Crippen LogP contribution >= 0.6 is 0 Å². The van der Waals surface area contributed by atoms with Crippen molar-refractivity contribution in [2.24, 2.45) is 0 Å². The van der Waals surface area contributed by atoms with Gasteiger partial charge in [-0.05, 0) is 60.2 Å². The summed E-state index contributed by atoms with van der Waals surface area (Å²) in [5.74, 6) is 1.34. The van der Waals surface area contributed by atoms with Gasteiger partial charge in [0, 0.05) is 11.3 Å². The van der Waals surface area contributed by atoms with Crippen LogP contribution in [0.5, 0.6) is 11.5 Å². The SMILES string of the molecule is COc1ccc(-c2cc(NS(=O)(=O)c3ccc(C#N)cc3)ccc2OC)cc1. The molecule has 0 heterocycles. The van der Waals surface area contributed by atoms with Crippen molar-refractivity contribution >= 4 is 15.7 Å². The van der Waals surface area contributed by atoms with Gasteiger partial charge in [0.1, 0.15) is 11.5 Å². The van der Waals surface area contributed by atoms with Gasteiger partial charge in [-0.25, -0.2) is 8.42 Å². The zero-order chi connectivity index (χ0) is 20.1. The average molecular weight is 394 g/mol. The molecule has 3 aromatic carbocycles. The summed E-state index contributed by atoms with van der Waals surface area (Å²) in [6.45, 7) is 0. The van der Waals surface area contributed by atoms with E-state index in [1.807, 2.05) is 30.3 Å². The highest BCUT2D eigenvalue weighted by Crippen LogP contribution is 2.34. The lowest BCUT2D eigenvalue weighted by Gasteiger charge is -2.13. The molecule has 7 heteroatoms.